The normalized spacial score (nSPS) is 11.6. The second-order valence-corrected chi connectivity index (χ2v) is 11.6. The monoisotopic (exact) mass is 410 g/mol. The average Bonchev–Trinajstić information content (AvgIpc) is 2.73. The molecule has 0 N–H and O–H groups in total. The number of hydrogen-bond acceptors (Lipinski definition) is 1. The summed E-state index contributed by atoms with van der Waals surface area (Å²) in [5.74, 6) is 0. The fraction of sp³-hybridized carbons (Fsp3) is 0.375. The van der Waals surface area contributed by atoms with Gasteiger partial charge >= 0.3 is 0 Å². The molecule has 0 atom stereocenters. The Morgan fingerprint density at radius 2 is 0.793 bits per heavy atom. The number of aryl methyl sites for hydroxylation is 6. The van der Waals surface area contributed by atoms with Crippen LogP contribution in [0.4, 0.5) is 0 Å². The Morgan fingerprint density at radius 1 is 0.552 bits per heavy atom. The quantitative estimate of drug-likeness (QED) is 0.394. The van der Waals surface area contributed by atoms with E-state index in [-0.39, 0.29) is 0 Å². The van der Waals surface area contributed by atoms with Gasteiger partial charge in [0.05, 0.1) is 7.14 Å². The molecule has 0 fully saturated rings. The highest BCUT2D eigenvalue weighted by atomic mass is 31.2. The Kier molecular flexibility index (Phi) is 7.33. The van der Waals surface area contributed by atoms with E-state index in [4.69, 9.17) is 0 Å². The second-order valence-electron chi connectivity index (χ2n) is 8.09. The molecule has 3 rings (SSSR count). The van der Waals surface area contributed by atoms with Gasteiger partial charge in [-0.05, 0) is 36.0 Å². The predicted molar refractivity (Wildman–Crippen MR) is 116 cm³/mol. The standard InChI is InChI=1S/C24H33N3OP/c1-25-13-4-22(5-14-25)10-19-29(28,20-11-23-6-15-26(2)16-7-23)21-12-24-8-17-27(3)18-9-24/h4-9,13-18H,10-12,19-21H2,1-3H3/q+3. The molecule has 0 radical (unpaired) electrons. The van der Waals surface area contributed by atoms with Gasteiger partial charge in [0, 0.05) is 54.9 Å². The predicted octanol–water partition coefficient (Wildman–Crippen LogP) is 2.55. The van der Waals surface area contributed by atoms with Crippen molar-refractivity contribution in [2.75, 3.05) is 18.5 Å². The minimum absolute atomic E-state index is 0.780. The molecular formula is C24H33N3OP+3. The summed E-state index contributed by atoms with van der Waals surface area (Å²) in [5, 5.41) is 0. The zero-order valence-electron chi connectivity index (χ0n) is 17.9. The molecule has 0 aromatic carbocycles. The van der Waals surface area contributed by atoms with Gasteiger partial charge in [-0.25, -0.2) is 13.7 Å². The van der Waals surface area contributed by atoms with Gasteiger partial charge in [0.1, 0.15) is 21.1 Å². The summed E-state index contributed by atoms with van der Waals surface area (Å²) < 4.78 is 20.0. The number of hydrogen-bond donors (Lipinski definition) is 0. The van der Waals surface area contributed by atoms with Crippen molar-refractivity contribution >= 4 is 7.14 Å². The maximum atomic E-state index is 13.9. The molecule has 3 aromatic heterocycles. The molecule has 0 spiro atoms. The molecule has 3 aromatic rings. The van der Waals surface area contributed by atoms with Gasteiger partial charge in [0.15, 0.2) is 37.2 Å². The molecule has 0 aliphatic carbocycles. The first-order valence-electron chi connectivity index (χ1n) is 10.3. The van der Waals surface area contributed by atoms with Crippen LogP contribution in [0.5, 0.6) is 0 Å². The average molecular weight is 411 g/mol. The van der Waals surface area contributed by atoms with Crippen LogP contribution in [-0.2, 0) is 45.0 Å². The zero-order chi connectivity index (χ0) is 20.7. The van der Waals surface area contributed by atoms with E-state index in [2.05, 4.69) is 73.6 Å². The SMILES string of the molecule is C[n+]1ccc(CCP(=O)(CCc2cc[n+](C)cc2)CCc2cc[n+](C)cc2)cc1. The summed E-state index contributed by atoms with van der Waals surface area (Å²) >= 11 is 0. The summed E-state index contributed by atoms with van der Waals surface area (Å²) in [6.07, 6.45) is 17.4. The second kappa shape index (κ2) is 9.93. The third-order valence-corrected chi connectivity index (χ3v) is 8.68. The summed E-state index contributed by atoms with van der Waals surface area (Å²) in [4.78, 5) is 0. The molecule has 0 aliphatic heterocycles. The molecule has 0 unspecified atom stereocenters. The van der Waals surface area contributed by atoms with E-state index < -0.39 is 7.14 Å². The lowest BCUT2D eigenvalue weighted by molar-refractivity contribution is -0.671. The van der Waals surface area contributed by atoms with Crippen LogP contribution in [0.1, 0.15) is 16.7 Å². The molecule has 152 valence electrons. The van der Waals surface area contributed by atoms with Gasteiger partial charge in [-0.3, -0.25) is 0 Å². The molecule has 4 nitrogen and oxygen atoms in total. The first-order valence-corrected chi connectivity index (χ1v) is 12.6. The maximum absolute atomic E-state index is 13.9. The lowest BCUT2D eigenvalue weighted by Crippen LogP contribution is -2.26. The number of nitrogens with zero attached hydrogens (tertiary/aromatic N) is 3. The maximum Gasteiger partial charge on any atom is 0.168 e. The Morgan fingerprint density at radius 3 is 1.03 bits per heavy atom. The van der Waals surface area contributed by atoms with E-state index in [0.717, 1.165) is 37.7 Å². The van der Waals surface area contributed by atoms with Gasteiger partial charge < -0.3 is 4.57 Å². The molecule has 0 bridgehead atoms. The van der Waals surface area contributed by atoms with Crippen LogP contribution >= 0.6 is 7.14 Å². The van der Waals surface area contributed by atoms with Crippen molar-refractivity contribution < 1.29 is 18.3 Å². The van der Waals surface area contributed by atoms with E-state index in [9.17, 15) is 4.57 Å². The third-order valence-electron chi connectivity index (χ3n) is 5.57. The van der Waals surface area contributed by atoms with Gasteiger partial charge in [0.2, 0.25) is 0 Å². The molecular weight excluding hydrogens is 377 g/mol. The van der Waals surface area contributed by atoms with Crippen LogP contribution in [0.2, 0.25) is 0 Å². The minimum Gasteiger partial charge on any atom is -0.324 e. The Balaban J connectivity index is 1.67. The zero-order valence-corrected chi connectivity index (χ0v) is 18.8. The lowest BCUT2D eigenvalue weighted by Gasteiger charge is -2.18. The lowest BCUT2D eigenvalue weighted by atomic mass is 10.2. The van der Waals surface area contributed by atoms with Crippen LogP contribution in [-0.4, -0.2) is 18.5 Å². The van der Waals surface area contributed by atoms with Crippen LogP contribution < -0.4 is 13.7 Å². The third kappa shape index (κ3) is 6.90. The molecule has 0 aliphatic rings. The van der Waals surface area contributed by atoms with Gasteiger partial charge in [0.25, 0.3) is 0 Å². The summed E-state index contributed by atoms with van der Waals surface area (Å²) in [7, 11) is 3.79. The summed E-state index contributed by atoms with van der Waals surface area (Å²) in [5.41, 5.74) is 3.80. The van der Waals surface area contributed by atoms with Crippen molar-refractivity contribution in [3.8, 4) is 0 Å². The van der Waals surface area contributed by atoms with Crippen LogP contribution in [0.25, 0.3) is 0 Å². The van der Waals surface area contributed by atoms with Gasteiger partial charge in [-0.15, -0.1) is 0 Å². The number of rotatable bonds is 9. The molecule has 0 saturated heterocycles. The Bertz CT molecular complexity index is 824. The highest BCUT2D eigenvalue weighted by Crippen LogP contribution is 2.47. The molecule has 0 amide bonds. The Labute approximate surface area is 174 Å². The first kappa shape index (κ1) is 21.4. The van der Waals surface area contributed by atoms with Crippen molar-refractivity contribution in [2.24, 2.45) is 21.1 Å². The topological polar surface area (TPSA) is 28.7 Å². The van der Waals surface area contributed by atoms with E-state index >= 15 is 0 Å². The van der Waals surface area contributed by atoms with E-state index in [1.165, 1.54) is 16.7 Å². The van der Waals surface area contributed by atoms with Crippen LogP contribution in [0.15, 0.2) is 73.6 Å². The van der Waals surface area contributed by atoms with Crippen LogP contribution in [0.3, 0.4) is 0 Å². The first-order chi connectivity index (χ1) is 13.9. The van der Waals surface area contributed by atoms with Crippen LogP contribution in [0, 0.1) is 0 Å². The van der Waals surface area contributed by atoms with Gasteiger partial charge in [-0.1, -0.05) is 0 Å². The molecule has 29 heavy (non-hydrogen) atoms. The molecule has 0 saturated carbocycles. The fourth-order valence-corrected chi connectivity index (χ4v) is 6.10. The Hall–Kier alpha value is -2.32. The van der Waals surface area contributed by atoms with Crippen molar-refractivity contribution in [2.45, 2.75) is 19.3 Å². The van der Waals surface area contributed by atoms with Crippen molar-refractivity contribution in [3.05, 3.63) is 90.3 Å². The molecule has 5 heteroatoms. The summed E-state index contributed by atoms with van der Waals surface area (Å²) in [6, 6.07) is 12.8. The number of pyridine rings is 3. The summed E-state index contributed by atoms with van der Waals surface area (Å²) in [6.45, 7) is 0. The van der Waals surface area contributed by atoms with Crippen molar-refractivity contribution in [1.82, 2.24) is 0 Å². The molecule has 3 heterocycles. The minimum atomic E-state index is -2.27. The van der Waals surface area contributed by atoms with E-state index in [0.29, 0.717) is 0 Å². The highest BCUT2D eigenvalue weighted by Gasteiger charge is 2.22. The number of aromatic nitrogens is 3. The smallest absolute Gasteiger partial charge is 0.168 e. The van der Waals surface area contributed by atoms with E-state index in [1.54, 1.807) is 0 Å². The highest BCUT2D eigenvalue weighted by molar-refractivity contribution is 7.63. The largest absolute Gasteiger partial charge is 0.324 e. The van der Waals surface area contributed by atoms with Crippen molar-refractivity contribution in [1.29, 1.82) is 0 Å². The fourth-order valence-electron chi connectivity index (χ4n) is 3.43. The van der Waals surface area contributed by atoms with E-state index in [1.807, 2.05) is 34.8 Å². The van der Waals surface area contributed by atoms with Crippen molar-refractivity contribution in [3.63, 3.8) is 0 Å². The van der Waals surface area contributed by atoms with Gasteiger partial charge in [-0.2, -0.15) is 0 Å².